The van der Waals surface area contributed by atoms with E-state index in [4.69, 9.17) is 0 Å². The molecule has 106 valence electrons. The van der Waals surface area contributed by atoms with Crippen molar-refractivity contribution in [3.8, 4) is 0 Å². The summed E-state index contributed by atoms with van der Waals surface area (Å²) < 4.78 is 80.4. The number of hydrogen-bond acceptors (Lipinski definition) is 3. The van der Waals surface area contributed by atoms with E-state index >= 15 is 0 Å². The molecular weight excluding hydrogens is 280 g/mol. The number of carbonyl (C=O) groups excluding carboxylic acids is 1. The van der Waals surface area contributed by atoms with Crippen molar-refractivity contribution in [2.45, 2.75) is 19.0 Å². The van der Waals surface area contributed by atoms with Gasteiger partial charge in [0.25, 0.3) is 6.43 Å². The standard InChI is InChI=1S/C10H7F6NO2/c1-19-6(18)2-4-7(8(11)12)5(10(14,15)16)3-17-9(4)13/h3,8H,2H2,1H3. The van der Waals surface area contributed by atoms with Crippen LogP contribution in [0.5, 0.6) is 0 Å². The van der Waals surface area contributed by atoms with Gasteiger partial charge in [-0.1, -0.05) is 0 Å². The molecule has 0 N–H and O–H groups in total. The number of alkyl halides is 5. The lowest BCUT2D eigenvalue weighted by atomic mass is 10.0. The maximum atomic E-state index is 13.3. The molecule has 0 saturated carbocycles. The van der Waals surface area contributed by atoms with Gasteiger partial charge >= 0.3 is 12.1 Å². The van der Waals surface area contributed by atoms with E-state index < -0.39 is 47.6 Å². The van der Waals surface area contributed by atoms with Crippen LogP contribution in [0, 0.1) is 5.95 Å². The topological polar surface area (TPSA) is 39.2 Å². The SMILES string of the molecule is COC(=O)Cc1c(F)ncc(C(F)(F)F)c1C(F)F. The summed E-state index contributed by atoms with van der Waals surface area (Å²) in [7, 11) is 0.892. The average Bonchev–Trinajstić information content (AvgIpc) is 2.29. The van der Waals surface area contributed by atoms with Crippen molar-refractivity contribution in [1.29, 1.82) is 0 Å². The Bertz CT molecular complexity index is 486. The zero-order chi connectivity index (χ0) is 14.8. The molecule has 0 saturated heterocycles. The highest BCUT2D eigenvalue weighted by atomic mass is 19.4. The van der Waals surface area contributed by atoms with Crippen molar-refractivity contribution < 1.29 is 35.9 Å². The summed E-state index contributed by atoms with van der Waals surface area (Å²) in [6.45, 7) is 0. The number of ether oxygens (including phenoxy) is 1. The lowest BCUT2D eigenvalue weighted by Crippen LogP contribution is -2.17. The number of carbonyl (C=O) groups is 1. The summed E-state index contributed by atoms with van der Waals surface area (Å²) in [5, 5.41) is 0. The van der Waals surface area contributed by atoms with E-state index in [1.807, 2.05) is 0 Å². The van der Waals surface area contributed by atoms with E-state index in [1.54, 1.807) is 0 Å². The molecule has 0 aliphatic carbocycles. The quantitative estimate of drug-likeness (QED) is 0.487. The second kappa shape index (κ2) is 5.45. The molecule has 1 aromatic rings. The van der Waals surface area contributed by atoms with E-state index in [0.717, 1.165) is 7.11 Å². The summed E-state index contributed by atoms with van der Waals surface area (Å²) in [5.74, 6) is -2.71. The number of hydrogen-bond donors (Lipinski definition) is 0. The number of rotatable bonds is 3. The second-order valence-corrected chi connectivity index (χ2v) is 3.41. The fourth-order valence-electron chi connectivity index (χ4n) is 1.40. The van der Waals surface area contributed by atoms with Crippen LogP contribution in [-0.4, -0.2) is 18.1 Å². The number of pyridine rings is 1. The van der Waals surface area contributed by atoms with Gasteiger partial charge in [0, 0.05) is 17.3 Å². The Hall–Kier alpha value is -1.80. The first kappa shape index (κ1) is 15.3. The van der Waals surface area contributed by atoms with Crippen LogP contribution in [0.15, 0.2) is 6.20 Å². The third kappa shape index (κ3) is 3.36. The minimum absolute atomic E-state index is 0.0302. The fraction of sp³-hybridized carbons (Fsp3) is 0.400. The Labute approximate surface area is 103 Å². The van der Waals surface area contributed by atoms with Gasteiger partial charge in [-0.15, -0.1) is 0 Å². The number of nitrogens with zero attached hydrogens (tertiary/aromatic N) is 1. The molecule has 0 bridgehead atoms. The van der Waals surface area contributed by atoms with E-state index in [1.165, 1.54) is 0 Å². The van der Waals surface area contributed by atoms with Gasteiger partial charge in [-0.3, -0.25) is 4.79 Å². The Morgan fingerprint density at radius 2 is 2.00 bits per heavy atom. The number of halogens is 6. The van der Waals surface area contributed by atoms with Gasteiger partial charge in [0.1, 0.15) is 0 Å². The molecular formula is C10H7F6NO2. The molecule has 19 heavy (non-hydrogen) atoms. The molecule has 0 fully saturated rings. The zero-order valence-electron chi connectivity index (χ0n) is 9.39. The van der Waals surface area contributed by atoms with E-state index in [-0.39, 0.29) is 6.20 Å². The van der Waals surface area contributed by atoms with Crippen molar-refractivity contribution in [2.24, 2.45) is 0 Å². The van der Waals surface area contributed by atoms with Crippen molar-refractivity contribution in [3.63, 3.8) is 0 Å². The third-order valence-electron chi connectivity index (χ3n) is 2.24. The summed E-state index contributed by atoms with van der Waals surface area (Å²) in [6, 6.07) is 0. The predicted octanol–water partition coefficient (Wildman–Crippen LogP) is 2.89. The Kier molecular flexibility index (Phi) is 4.38. The highest BCUT2D eigenvalue weighted by molar-refractivity contribution is 5.73. The normalized spacial score (nSPS) is 11.8. The van der Waals surface area contributed by atoms with Gasteiger partial charge in [0.15, 0.2) is 0 Å². The van der Waals surface area contributed by atoms with Crippen LogP contribution in [0.1, 0.15) is 23.1 Å². The molecule has 0 radical (unpaired) electrons. The molecule has 0 unspecified atom stereocenters. The molecule has 0 aliphatic heterocycles. The molecule has 0 spiro atoms. The third-order valence-corrected chi connectivity index (χ3v) is 2.24. The van der Waals surface area contributed by atoms with Crippen LogP contribution in [0.4, 0.5) is 26.3 Å². The lowest BCUT2D eigenvalue weighted by Gasteiger charge is -2.15. The molecule has 0 atom stereocenters. The average molecular weight is 287 g/mol. The largest absolute Gasteiger partial charge is 0.469 e. The zero-order valence-corrected chi connectivity index (χ0v) is 9.39. The van der Waals surface area contributed by atoms with Crippen LogP contribution in [0.2, 0.25) is 0 Å². The van der Waals surface area contributed by atoms with Crippen molar-refractivity contribution >= 4 is 5.97 Å². The monoisotopic (exact) mass is 287 g/mol. The van der Waals surface area contributed by atoms with Gasteiger partial charge in [-0.2, -0.15) is 17.6 Å². The second-order valence-electron chi connectivity index (χ2n) is 3.41. The van der Waals surface area contributed by atoms with Crippen LogP contribution < -0.4 is 0 Å². The minimum atomic E-state index is -5.13. The molecule has 1 heterocycles. The molecule has 3 nitrogen and oxygen atoms in total. The number of methoxy groups -OCH3 is 1. The van der Waals surface area contributed by atoms with Crippen LogP contribution in [0.25, 0.3) is 0 Å². The van der Waals surface area contributed by atoms with Gasteiger partial charge in [-0.05, 0) is 0 Å². The van der Waals surface area contributed by atoms with E-state index in [2.05, 4.69) is 9.72 Å². The van der Waals surface area contributed by atoms with E-state index in [0.29, 0.717) is 0 Å². The van der Waals surface area contributed by atoms with Crippen LogP contribution in [-0.2, 0) is 22.1 Å². The summed E-state index contributed by atoms with van der Waals surface area (Å²) >= 11 is 0. The van der Waals surface area contributed by atoms with E-state index in [9.17, 15) is 31.1 Å². The highest BCUT2D eigenvalue weighted by Crippen LogP contribution is 2.38. The van der Waals surface area contributed by atoms with Crippen molar-refractivity contribution in [1.82, 2.24) is 4.98 Å². The van der Waals surface area contributed by atoms with Gasteiger partial charge in [0.05, 0.1) is 19.1 Å². The van der Waals surface area contributed by atoms with Gasteiger partial charge in [0.2, 0.25) is 5.95 Å². The lowest BCUT2D eigenvalue weighted by molar-refractivity contribution is -0.142. The first-order chi connectivity index (χ1) is 8.68. The highest BCUT2D eigenvalue weighted by Gasteiger charge is 2.39. The minimum Gasteiger partial charge on any atom is -0.469 e. The Balaban J connectivity index is 3.46. The fourth-order valence-corrected chi connectivity index (χ4v) is 1.40. The molecule has 1 rings (SSSR count). The smallest absolute Gasteiger partial charge is 0.418 e. The maximum Gasteiger partial charge on any atom is 0.418 e. The Morgan fingerprint density at radius 1 is 1.42 bits per heavy atom. The maximum absolute atomic E-state index is 13.3. The summed E-state index contributed by atoms with van der Waals surface area (Å²) in [4.78, 5) is 13.7. The van der Waals surface area contributed by atoms with Crippen molar-refractivity contribution in [3.05, 3.63) is 28.8 Å². The first-order valence-corrected chi connectivity index (χ1v) is 4.78. The number of aromatic nitrogens is 1. The summed E-state index contributed by atoms with van der Waals surface area (Å²) in [6.07, 6.45) is -9.82. The molecule has 0 amide bonds. The predicted molar refractivity (Wildman–Crippen MR) is 49.9 cm³/mol. The first-order valence-electron chi connectivity index (χ1n) is 4.78. The van der Waals surface area contributed by atoms with Gasteiger partial charge < -0.3 is 4.74 Å². The Morgan fingerprint density at radius 3 is 2.42 bits per heavy atom. The molecule has 9 heteroatoms. The summed E-state index contributed by atoms with van der Waals surface area (Å²) in [5.41, 5.74) is -4.48. The van der Waals surface area contributed by atoms with Crippen LogP contribution >= 0.6 is 0 Å². The van der Waals surface area contributed by atoms with Gasteiger partial charge in [-0.25, -0.2) is 13.8 Å². The molecule has 1 aromatic heterocycles. The van der Waals surface area contributed by atoms with Crippen molar-refractivity contribution in [2.75, 3.05) is 7.11 Å². The molecule has 0 aliphatic rings. The molecule has 0 aromatic carbocycles. The number of esters is 1. The van der Waals surface area contributed by atoms with Crippen LogP contribution in [0.3, 0.4) is 0 Å².